The van der Waals surface area contributed by atoms with Crippen molar-refractivity contribution < 1.29 is 43.9 Å². The summed E-state index contributed by atoms with van der Waals surface area (Å²) < 4.78 is 15.0. The van der Waals surface area contributed by atoms with Crippen LogP contribution in [0.5, 0.6) is 0 Å². The van der Waals surface area contributed by atoms with Gasteiger partial charge in [0.1, 0.15) is 0 Å². The summed E-state index contributed by atoms with van der Waals surface area (Å²) in [6, 6.07) is 0. The minimum atomic E-state index is -1.04. The molecule has 0 saturated heterocycles. The zero-order chi connectivity index (χ0) is 26.1. The van der Waals surface area contributed by atoms with Gasteiger partial charge < -0.3 is 43.9 Å². The van der Waals surface area contributed by atoms with Crippen molar-refractivity contribution in [2.24, 2.45) is 17.8 Å². The summed E-state index contributed by atoms with van der Waals surface area (Å²) in [5.74, 6) is -3.63. The molecule has 0 aromatic heterocycles. The zero-order valence-electron chi connectivity index (χ0n) is 20.2. The van der Waals surface area contributed by atoms with Gasteiger partial charge in [-0.2, -0.15) is 37.9 Å². The summed E-state index contributed by atoms with van der Waals surface area (Å²) in [4.78, 5) is 30.9. The molecule has 0 rings (SSSR count). The van der Waals surface area contributed by atoms with Crippen LogP contribution in [-0.4, -0.2) is 99.2 Å². The molecule has 0 heterocycles. The molecule has 0 fully saturated rings. The van der Waals surface area contributed by atoms with E-state index in [4.69, 9.17) is 14.2 Å². The molecule has 2 radical (unpaired) electrons. The Kier molecular flexibility index (Phi) is 37.9. The Morgan fingerprint density at radius 3 is 0.912 bits per heavy atom. The summed E-state index contributed by atoms with van der Waals surface area (Å²) in [5, 5.41) is 30.9. The van der Waals surface area contributed by atoms with Crippen LogP contribution in [0.25, 0.3) is 0 Å². The van der Waals surface area contributed by atoms with Gasteiger partial charge in [0.25, 0.3) is 0 Å². The molecule has 9 nitrogen and oxygen atoms in total. The van der Waals surface area contributed by atoms with Gasteiger partial charge in [-0.1, -0.05) is 0 Å². The van der Waals surface area contributed by atoms with Gasteiger partial charge in [0.05, 0.1) is 0 Å². The molecule has 0 saturated carbocycles. The third-order valence-electron chi connectivity index (χ3n) is 4.11. The van der Waals surface area contributed by atoms with Crippen molar-refractivity contribution in [2.75, 3.05) is 56.9 Å². The number of hydrogen-bond acceptors (Lipinski definition) is 12. The zero-order valence-corrected chi connectivity index (χ0v) is 25.4. The first kappa shape index (κ1) is 41.3. The van der Waals surface area contributed by atoms with Crippen LogP contribution in [0.1, 0.15) is 40.0 Å². The second-order valence-electron chi connectivity index (χ2n) is 6.55. The first-order valence-electron chi connectivity index (χ1n) is 10.8. The van der Waals surface area contributed by atoms with Gasteiger partial charge in [-0.25, -0.2) is 0 Å². The molecular formula is C21H39O9S3Sb. The standard InChI is InChI=1S/3C7H14O3S.Sb/c3*1-2-10-4-3-6(5-11)7(8)9;/h3*6,11H,2-5H2,1H3,(H,8,9);/q;;;+3/p-3. The number of carbonyl (C=O) groups is 3. The number of carboxylic acids is 3. The SMILES string of the molecule is CCOCCC(CS)C(=O)[O-].CCOCCC(CS)C(=O)[O-].CCOCCC(CS)C(=O)[O-].[Sb+3]. The third-order valence-corrected chi connectivity index (χ3v) is 5.43. The van der Waals surface area contributed by atoms with Crippen molar-refractivity contribution in [3.63, 3.8) is 0 Å². The molecule has 0 aliphatic rings. The van der Waals surface area contributed by atoms with Gasteiger partial charge >= 0.3 is 24.4 Å². The van der Waals surface area contributed by atoms with Crippen molar-refractivity contribution in [3.8, 4) is 0 Å². The van der Waals surface area contributed by atoms with Gasteiger partial charge in [0, 0.05) is 75.3 Å². The Morgan fingerprint density at radius 1 is 0.588 bits per heavy atom. The topological polar surface area (TPSA) is 148 Å². The Bertz CT molecular complexity index is 422. The summed E-state index contributed by atoms with van der Waals surface area (Å²) in [5.41, 5.74) is 0. The molecule has 0 aromatic carbocycles. The van der Waals surface area contributed by atoms with E-state index in [9.17, 15) is 29.7 Å². The van der Waals surface area contributed by atoms with E-state index >= 15 is 0 Å². The number of carbonyl (C=O) groups excluding carboxylic acids is 3. The summed E-state index contributed by atoms with van der Waals surface area (Å²) in [6.07, 6.45) is 1.46. The second kappa shape index (κ2) is 31.2. The fourth-order valence-electron chi connectivity index (χ4n) is 1.96. The van der Waals surface area contributed by atoms with E-state index < -0.39 is 35.7 Å². The van der Waals surface area contributed by atoms with Crippen LogP contribution >= 0.6 is 37.9 Å². The van der Waals surface area contributed by atoms with Gasteiger partial charge in [0.2, 0.25) is 0 Å². The second-order valence-corrected chi connectivity index (χ2v) is 7.65. The van der Waals surface area contributed by atoms with Crippen molar-refractivity contribution in [1.29, 1.82) is 0 Å². The van der Waals surface area contributed by atoms with Crippen LogP contribution in [0.15, 0.2) is 0 Å². The molecule has 0 amide bonds. The smallest absolute Gasteiger partial charge is 0.550 e. The predicted molar refractivity (Wildman–Crippen MR) is 136 cm³/mol. The van der Waals surface area contributed by atoms with Crippen LogP contribution < -0.4 is 15.3 Å². The molecule has 0 bridgehead atoms. The number of ether oxygens (including phenoxy) is 3. The fourth-order valence-corrected chi connectivity index (χ4v) is 2.96. The first-order valence-corrected chi connectivity index (χ1v) is 12.7. The van der Waals surface area contributed by atoms with Gasteiger partial charge in [0.15, 0.2) is 0 Å². The summed E-state index contributed by atoms with van der Waals surface area (Å²) in [7, 11) is 0. The van der Waals surface area contributed by atoms with E-state index in [1.165, 1.54) is 0 Å². The Hall–Kier alpha value is 0.158. The average molecular weight is 653 g/mol. The molecule has 13 heteroatoms. The van der Waals surface area contributed by atoms with Crippen LogP contribution in [0, 0.1) is 17.8 Å². The van der Waals surface area contributed by atoms with E-state index in [2.05, 4.69) is 37.9 Å². The van der Waals surface area contributed by atoms with Gasteiger partial charge in [-0.15, -0.1) is 0 Å². The van der Waals surface area contributed by atoms with Crippen LogP contribution in [0.2, 0.25) is 0 Å². The van der Waals surface area contributed by atoms with Crippen LogP contribution in [-0.2, 0) is 28.6 Å². The Morgan fingerprint density at radius 2 is 0.794 bits per heavy atom. The normalized spacial score (nSPS) is 12.5. The van der Waals surface area contributed by atoms with E-state index in [0.717, 1.165) is 0 Å². The van der Waals surface area contributed by atoms with Gasteiger partial charge in [-0.05, 0) is 57.3 Å². The monoisotopic (exact) mass is 652 g/mol. The van der Waals surface area contributed by atoms with Crippen LogP contribution in [0.3, 0.4) is 0 Å². The van der Waals surface area contributed by atoms with Crippen molar-refractivity contribution in [3.05, 3.63) is 0 Å². The molecule has 3 atom stereocenters. The van der Waals surface area contributed by atoms with Crippen molar-refractivity contribution in [1.82, 2.24) is 0 Å². The maximum atomic E-state index is 10.3. The molecule has 0 aliphatic carbocycles. The fraction of sp³-hybridized carbons (Fsp3) is 0.857. The molecule has 0 aliphatic heterocycles. The number of hydrogen-bond donors (Lipinski definition) is 3. The molecule has 3 unspecified atom stereocenters. The van der Waals surface area contributed by atoms with E-state index in [1.54, 1.807) is 0 Å². The molecule has 200 valence electrons. The Labute approximate surface area is 237 Å². The van der Waals surface area contributed by atoms with Crippen molar-refractivity contribution >= 4 is 80.2 Å². The average Bonchev–Trinajstić information content (AvgIpc) is 2.77. The van der Waals surface area contributed by atoms with E-state index in [0.29, 0.717) is 76.2 Å². The molecule has 0 N–H and O–H groups in total. The molecule has 0 spiro atoms. The third kappa shape index (κ3) is 28.4. The first-order chi connectivity index (χ1) is 15.7. The molecule has 34 heavy (non-hydrogen) atoms. The molecule has 0 aromatic rings. The van der Waals surface area contributed by atoms with E-state index in [-0.39, 0.29) is 24.4 Å². The Balaban J connectivity index is -0.000000196. The number of carboxylic acid groups (broad SMARTS) is 3. The maximum Gasteiger partial charge on any atom is 3.00 e. The minimum absolute atomic E-state index is 0. The minimum Gasteiger partial charge on any atom is -0.550 e. The number of thiol groups is 3. The number of rotatable bonds is 18. The summed E-state index contributed by atoms with van der Waals surface area (Å²) >= 11 is 11.6. The van der Waals surface area contributed by atoms with Gasteiger partial charge in [-0.3, -0.25) is 0 Å². The predicted octanol–water partition coefficient (Wildman–Crippen LogP) is -1.25. The molecular weight excluding hydrogens is 614 g/mol. The largest absolute Gasteiger partial charge is 3.00 e. The van der Waals surface area contributed by atoms with Crippen LogP contribution in [0.4, 0.5) is 0 Å². The van der Waals surface area contributed by atoms with Crippen molar-refractivity contribution in [2.45, 2.75) is 40.0 Å². The number of aliphatic carboxylic acids is 3. The van der Waals surface area contributed by atoms with E-state index in [1.807, 2.05) is 20.8 Å². The maximum absolute atomic E-state index is 10.3. The summed E-state index contributed by atoms with van der Waals surface area (Å²) in [6.45, 7) is 8.87. The quantitative estimate of drug-likeness (QED) is 0.0938.